The molecule has 0 amide bonds. The van der Waals surface area contributed by atoms with Crippen molar-refractivity contribution in [2.24, 2.45) is 0 Å². The van der Waals surface area contributed by atoms with E-state index in [1.54, 1.807) is 0 Å². The summed E-state index contributed by atoms with van der Waals surface area (Å²) in [5, 5.41) is 3.14. The first-order chi connectivity index (χ1) is 4.93. The van der Waals surface area contributed by atoms with Gasteiger partial charge < -0.3 is 5.32 Å². The molecule has 2 heteroatoms. The van der Waals surface area contributed by atoms with Crippen molar-refractivity contribution < 1.29 is 0 Å². The van der Waals surface area contributed by atoms with E-state index in [0.29, 0.717) is 0 Å². The Morgan fingerprint density at radius 2 is 2.10 bits per heavy atom. The van der Waals surface area contributed by atoms with Crippen molar-refractivity contribution >= 4 is 0 Å². The molecule has 0 aromatic rings. The lowest BCUT2D eigenvalue weighted by Gasteiger charge is -2.13. The highest BCUT2D eigenvalue weighted by atomic mass is 15.1. The van der Waals surface area contributed by atoms with E-state index < -0.39 is 0 Å². The average molecular weight is 140 g/mol. The summed E-state index contributed by atoms with van der Waals surface area (Å²) in [6.07, 6.45) is 5.73. The molecule has 1 heterocycles. The Bertz CT molecular complexity index is 102. The summed E-state index contributed by atoms with van der Waals surface area (Å²) in [4.78, 5) is 2.44. The Kier molecular flexibility index (Phi) is 3.47. The van der Waals surface area contributed by atoms with Gasteiger partial charge >= 0.3 is 0 Å². The van der Waals surface area contributed by atoms with E-state index in [1.807, 2.05) is 7.05 Å². The highest BCUT2D eigenvalue weighted by Crippen LogP contribution is 1.98. The van der Waals surface area contributed by atoms with Crippen LogP contribution >= 0.6 is 0 Å². The molecule has 1 rings (SSSR count). The molecule has 0 spiro atoms. The fourth-order valence-corrected chi connectivity index (χ4v) is 1.18. The third-order valence-electron chi connectivity index (χ3n) is 1.80. The summed E-state index contributed by atoms with van der Waals surface area (Å²) in [6, 6.07) is 0. The topological polar surface area (TPSA) is 15.3 Å². The minimum atomic E-state index is 1.14. The van der Waals surface area contributed by atoms with Gasteiger partial charge in [0.1, 0.15) is 0 Å². The molecule has 58 valence electrons. The summed E-state index contributed by atoms with van der Waals surface area (Å²) in [5.41, 5.74) is 0. The Balaban J connectivity index is 1.93. The first-order valence-electron chi connectivity index (χ1n) is 3.95. The number of nitrogens with zero attached hydrogens (tertiary/aromatic N) is 1. The quantitative estimate of drug-likeness (QED) is 0.451. The maximum absolute atomic E-state index is 3.14. The summed E-state index contributed by atoms with van der Waals surface area (Å²) in [6.45, 7) is 4.68. The van der Waals surface area contributed by atoms with E-state index in [-0.39, 0.29) is 0 Å². The van der Waals surface area contributed by atoms with Crippen LogP contribution in [0.15, 0.2) is 12.2 Å². The number of rotatable bonds is 4. The van der Waals surface area contributed by atoms with Crippen LogP contribution in [0.3, 0.4) is 0 Å². The summed E-state index contributed by atoms with van der Waals surface area (Å²) >= 11 is 0. The molecule has 1 aliphatic heterocycles. The molecule has 0 aliphatic carbocycles. The molecule has 0 saturated heterocycles. The molecule has 0 radical (unpaired) electrons. The Hall–Kier alpha value is -0.340. The van der Waals surface area contributed by atoms with E-state index >= 15 is 0 Å². The molecule has 1 aliphatic rings. The largest absolute Gasteiger partial charge is 0.320 e. The molecule has 0 aromatic heterocycles. The van der Waals surface area contributed by atoms with Gasteiger partial charge in [-0.15, -0.1) is 0 Å². The van der Waals surface area contributed by atoms with Gasteiger partial charge in [-0.05, 0) is 26.6 Å². The van der Waals surface area contributed by atoms with Crippen LogP contribution in [0, 0.1) is 0 Å². The summed E-state index contributed by atoms with van der Waals surface area (Å²) < 4.78 is 0. The number of hydrogen-bond donors (Lipinski definition) is 1. The van der Waals surface area contributed by atoms with E-state index in [1.165, 1.54) is 13.0 Å². The molecule has 0 aromatic carbocycles. The van der Waals surface area contributed by atoms with Crippen molar-refractivity contribution in [3.8, 4) is 0 Å². The zero-order valence-corrected chi connectivity index (χ0v) is 6.64. The van der Waals surface area contributed by atoms with Crippen LogP contribution in [-0.4, -0.2) is 38.1 Å². The van der Waals surface area contributed by atoms with Gasteiger partial charge in [0, 0.05) is 13.1 Å². The lowest BCUT2D eigenvalue weighted by atomic mass is 10.4. The average Bonchev–Trinajstić information content (AvgIpc) is 2.41. The van der Waals surface area contributed by atoms with Crippen molar-refractivity contribution in [3.05, 3.63) is 12.2 Å². The fourth-order valence-electron chi connectivity index (χ4n) is 1.18. The van der Waals surface area contributed by atoms with Gasteiger partial charge in [0.2, 0.25) is 0 Å². The first kappa shape index (κ1) is 7.76. The first-order valence-corrected chi connectivity index (χ1v) is 3.95. The predicted molar refractivity (Wildman–Crippen MR) is 44.1 cm³/mol. The second-order valence-corrected chi connectivity index (χ2v) is 2.69. The molecule has 1 N–H and O–H groups in total. The normalized spacial score (nSPS) is 18.5. The smallest absolute Gasteiger partial charge is 0.0166 e. The molecular formula is C8H16N2. The number of nitrogens with one attached hydrogen (secondary N) is 1. The minimum Gasteiger partial charge on any atom is -0.320 e. The van der Waals surface area contributed by atoms with Crippen LogP contribution in [0.4, 0.5) is 0 Å². The minimum absolute atomic E-state index is 1.14. The van der Waals surface area contributed by atoms with Crippen molar-refractivity contribution in [3.63, 3.8) is 0 Å². The lowest BCUT2D eigenvalue weighted by molar-refractivity contribution is 0.345. The molecule has 0 bridgehead atoms. The maximum Gasteiger partial charge on any atom is 0.0166 e. The molecule has 0 unspecified atom stereocenters. The molecule has 2 nitrogen and oxygen atoms in total. The van der Waals surface area contributed by atoms with Crippen LogP contribution in [0.5, 0.6) is 0 Å². The second kappa shape index (κ2) is 4.47. The van der Waals surface area contributed by atoms with Crippen molar-refractivity contribution in [1.82, 2.24) is 10.2 Å². The van der Waals surface area contributed by atoms with Crippen LogP contribution in [0.1, 0.15) is 6.42 Å². The standard InChI is InChI=1S/C8H16N2/c1-9-5-4-8-10-6-2-3-7-10/h2-3,9H,4-8H2,1H3. The molecule has 10 heavy (non-hydrogen) atoms. The Morgan fingerprint density at radius 3 is 2.70 bits per heavy atom. The van der Waals surface area contributed by atoms with Crippen molar-refractivity contribution in [2.45, 2.75) is 6.42 Å². The van der Waals surface area contributed by atoms with Gasteiger partial charge in [-0.3, -0.25) is 4.90 Å². The lowest BCUT2D eigenvalue weighted by Crippen LogP contribution is -2.23. The summed E-state index contributed by atoms with van der Waals surface area (Å²) in [7, 11) is 2.00. The monoisotopic (exact) mass is 140 g/mol. The van der Waals surface area contributed by atoms with Crippen molar-refractivity contribution in [2.75, 3.05) is 33.2 Å². The molecule has 0 fully saturated rings. The Morgan fingerprint density at radius 1 is 1.40 bits per heavy atom. The van der Waals surface area contributed by atoms with Gasteiger partial charge in [0.25, 0.3) is 0 Å². The molecular weight excluding hydrogens is 124 g/mol. The SMILES string of the molecule is CNCCCN1CC=CC1. The Labute approximate surface area is 62.9 Å². The van der Waals surface area contributed by atoms with Crippen LogP contribution in [-0.2, 0) is 0 Å². The van der Waals surface area contributed by atoms with E-state index in [2.05, 4.69) is 22.4 Å². The zero-order valence-electron chi connectivity index (χ0n) is 6.64. The molecule has 0 atom stereocenters. The third-order valence-corrected chi connectivity index (χ3v) is 1.80. The van der Waals surface area contributed by atoms with Crippen LogP contribution in [0.2, 0.25) is 0 Å². The molecule has 0 saturated carbocycles. The fraction of sp³-hybridized carbons (Fsp3) is 0.750. The van der Waals surface area contributed by atoms with E-state index in [4.69, 9.17) is 0 Å². The van der Waals surface area contributed by atoms with Crippen molar-refractivity contribution in [1.29, 1.82) is 0 Å². The predicted octanol–water partition coefficient (Wildman–Crippen LogP) is 0.468. The maximum atomic E-state index is 3.14. The van der Waals surface area contributed by atoms with Gasteiger partial charge in [0.05, 0.1) is 0 Å². The van der Waals surface area contributed by atoms with Gasteiger partial charge in [-0.1, -0.05) is 12.2 Å². The third kappa shape index (κ3) is 2.50. The zero-order chi connectivity index (χ0) is 7.23. The van der Waals surface area contributed by atoms with E-state index in [9.17, 15) is 0 Å². The second-order valence-electron chi connectivity index (χ2n) is 2.69. The van der Waals surface area contributed by atoms with Crippen LogP contribution < -0.4 is 5.32 Å². The van der Waals surface area contributed by atoms with Gasteiger partial charge in [-0.25, -0.2) is 0 Å². The van der Waals surface area contributed by atoms with E-state index in [0.717, 1.165) is 19.6 Å². The number of hydrogen-bond acceptors (Lipinski definition) is 2. The summed E-state index contributed by atoms with van der Waals surface area (Å²) in [5.74, 6) is 0. The van der Waals surface area contributed by atoms with Crippen LogP contribution in [0.25, 0.3) is 0 Å². The van der Waals surface area contributed by atoms with Gasteiger partial charge in [-0.2, -0.15) is 0 Å². The highest BCUT2D eigenvalue weighted by molar-refractivity contribution is 4.94. The van der Waals surface area contributed by atoms with Gasteiger partial charge in [0.15, 0.2) is 0 Å². The highest BCUT2D eigenvalue weighted by Gasteiger charge is 2.03.